The van der Waals surface area contributed by atoms with Gasteiger partial charge < -0.3 is 10.0 Å². The highest BCUT2D eigenvalue weighted by Crippen LogP contribution is 2.12. The summed E-state index contributed by atoms with van der Waals surface area (Å²) in [5, 5.41) is 22.8. The summed E-state index contributed by atoms with van der Waals surface area (Å²) in [5.74, 6) is 0.0551. The fourth-order valence-electron chi connectivity index (χ4n) is 1.69. The van der Waals surface area contributed by atoms with Crippen molar-refractivity contribution in [3.8, 4) is 5.75 Å². The van der Waals surface area contributed by atoms with E-state index < -0.39 is 0 Å². The van der Waals surface area contributed by atoms with Gasteiger partial charge >= 0.3 is 0 Å². The quantitative estimate of drug-likeness (QED) is 0.538. The molecular weight excluding hydrogens is 240 g/mol. The maximum absolute atomic E-state index is 8.86. The van der Waals surface area contributed by atoms with E-state index in [9.17, 15) is 0 Å². The number of hydrogen-bond acceptors (Lipinski definition) is 4. The molecule has 1 aromatic rings. The van der Waals surface area contributed by atoms with Crippen LogP contribution in [-0.4, -0.2) is 40.5 Å². The Morgan fingerprint density at radius 1 is 1.37 bits per heavy atom. The van der Waals surface area contributed by atoms with Crippen LogP contribution in [0.2, 0.25) is 0 Å². The Kier molecular flexibility index (Phi) is 8.53. The molecule has 108 valence electrons. The molecule has 19 heavy (non-hydrogen) atoms. The second kappa shape index (κ2) is 9.33. The van der Waals surface area contributed by atoms with Gasteiger partial charge in [-0.05, 0) is 45.5 Å². The lowest BCUT2D eigenvalue weighted by molar-refractivity contribution is 0.331. The molecule has 3 N–H and O–H groups in total. The van der Waals surface area contributed by atoms with Crippen LogP contribution in [0, 0.1) is 10.8 Å². The number of likely N-dealkylation sites (tertiary alicyclic amines) is 1. The van der Waals surface area contributed by atoms with Gasteiger partial charge in [-0.1, -0.05) is 13.8 Å². The fourth-order valence-corrected chi connectivity index (χ4v) is 1.69. The van der Waals surface area contributed by atoms with E-state index in [1.54, 1.807) is 0 Å². The van der Waals surface area contributed by atoms with Gasteiger partial charge in [-0.2, -0.15) is 0 Å². The van der Waals surface area contributed by atoms with Crippen LogP contribution >= 0.6 is 0 Å². The summed E-state index contributed by atoms with van der Waals surface area (Å²) in [6.07, 6.45) is 5.06. The normalized spacial score (nSPS) is 17.8. The van der Waals surface area contributed by atoms with Gasteiger partial charge in [-0.3, -0.25) is 15.4 Å². The van der Waals surface area contributed by atoms with Crippen LogP contribution in [0.5, 0.6) is 5.75 Å². The highest BCUT2D eigenvalue weighted by atomic mass is 16.3. The van der Waals surface area contributed by atoms with Gasteiger partial charge in [0.1, 0.15) is 11.2 Å². The van der Waals surface area contributed by atoms with Crippen LogP contribution in [-0.2, 0) is 0 Å². The average molecular weight is 266 g/mol. The SMILES string of the molecule is CC.C[C@@H]1CCCN1C.N=Cn1cc(O)ccc1=N. The number of nitrogens with zero attached hydrogens (tertiary/aromatic N) is 2. The van der Waals surface area contributed by atoms with Crippen molar-refractivity contribution in [1.29, 1.82) is 10.8 Å². The highest BCUT2D eigenvalue weighted by Gasteiger charge is 2.14. The highest BCUT2D eigenvalue weighted by molar-refractivity contribution is 5.54. The van der Waals surface area contributed by atoms with E-state index in [1.165, 1.54) is 42.3 Å². The van der Waals surface area contributed by atoms with Crippen LogP contribution in [0.25, 0.3) is 0 Å². The van der Waals surface area contributed by atoms with Crippen molar-refractivity contribution in [1.82, 2.24) is 9.47 Å². The molecule has 2 heterocycles. The van der Waals surface area contributed by atoms with Crippen molar-refractivity contribution in [3.63, 3.8) is 0 Å². The molecule has 0 saturated carbocycles. The number of rotatable bonds is 1. The number of aromatic nitrogens is 1. The Labute approximate surface area is 115 Å². The van der Waals surface area contributed by atoms with Crippen LogP contribution in [0.4, 0.5) is 0 Å². The van der Waals surface area contributed by atoms with Crippen molar-refractivity contribution >= 4 is 6.34 Å². The molecule has 1 aromatic heterocycles. The summed E-state index contributed by atoms with van der Waals surface area (Å²) in [6.45, 7) is 7.59. The summed E-state index contributed by atoms with van der Waals surface area (Å²) < 4.78 is 1.20. The zero-order chi connectivity index (χ0) is 14.8. The van der Waals surface area contributed by atoms with E-state index in [4.69, 9.17) is 15.9 Å². The summed E-state index contributed by atoms with van der Waals surface area (Å²) >= 11 is 0. The lowest BCUT2D eigenvalue weighted by atomic mass is 10.3. The first-order valence-electron chi connectivity index (χ1n) is 6.71. The predicted molar refractivity (Wildman–Crippen MR) is 78.8 cm³/mol. The van der Waals surface area contributed by atoms with Gasteiger partial charge in [0, 0.05) is 6.04 Å². The molecule has 0 aliphatic carbocycles. The molecule has 0 unspecified atom stereocenters. The number of pyridine rings is 1. The van der Waals surface area contributed by atoms with Crippen LogP contribution in [0.3, 0.4) is 0 Å². The standard InChI is InChI=1S/C6H7N3O.C6H13N.C2H6/c7-4-9-3-5(10)1-2-6(9)8;1-6-4-3-5-7(6)2;1-2/h1-4,7-8,10H;6H,3-5H2,1-2H3;1-2H3/t;6-;/m.1./s1. The van der Waals surface area contributed by atoms with E-state index in [0.29, 0.717) is 0 Å². The zero-order valence-corrected chi connectivity index (χ0v) is 12.3. The molecule has 1 aliphatic heterocycles. The van der Waals surface area contributed by atoms with Crippen LogP contribution in [0.1, 0.15) is 33.6 Å². The summed E-state index contributed by atoms with van der Waals surface area (Å²) in [5.41, 5.74) is 0.174. The minimum absolute atomic E-state index is 0.0551. The minimum Gasteiger partial charge on any atom is -0.506 e. The molecule has 1 saturated heterocycles. The van der Waals surface area contributed by atoms with Gasteiger partial charge in [0.15, 0.2) is 0 Å². The lowest BCUT2D eigenvalue weighted by Gasteiger charge is -2.12. The molecule has 0 amide bonds. The summed E-state index contributed by atoms with van der Waals surface area (Å²) in [4.78, 5) is 2.40. The molecular formula is C14H26N4O. The smallest absolute Gasteiger partial charge is 0.132 e. The van der Waals surface area contributed by atoms with Crippen LogP contribution < -0.4 is 5.49 Å². The minimum atomic E-state index is 0.0551. The summed E-state index contributed by atoms with van der Waals surface area (Å²) in [6, 6.07) is 3.67. The third-order valence-corrected chi connectivity index (χ3v) is 2.99. The third-order valence-electron chi connectivity index (χ3n) is 2.99. The molecule has 5 heteroatoms. The van der Waals surface area contributed by atoms with Gasteiger partial charge in [0.25, 0.3) is 0 Å². The van der Waals surface area contributed by atoms with E-state index in [1.807, 2.05) is 13.8 Å². The maximum atomic E-state index is 8.86. The largest absolute Gasteiger partial charge is 0.506 e. The number of nitrogens with one attached hydrogen (secondary N) is 2. The number of hydrogen-bond donors (Lipinski definition) is 3. The van der Waals surface area contributed by atoms with E-state index in [-0.39, 0.29) is 11.2 Å². The molecule has 1 atom stereocenters. The van der Waals surface area contributed by atoms with Gasteiger partial charge in [0.05, 0.1) is 12.5 Å². The first kappa shape index (κ1) is 17.4. The Hall–Kier alpha value is -1.62. The molecule has 0 radical (unpaired) electrons. The Morgan fingerprint density at radius 3 is 2.32 bits per heavy atom. The van der Waals surface area contributed by atoms with E-state index >= 15 is 0 Å². The fraction of sp³-hybridized carbons (Fsp3) is 0.571. The van der Waals surface area contributed by atoms with Gasteiger partial charge in [-0.25, -0.2) is 0 Å². The van der Waals surface area contributed by atoms with Gasteiger partial charge in [-0.15, -0.1) is 0 Å². The predicted octanol–water partition coefficient (Wildman–Crippen LogP) is 2.26. The maximum Gasteiger partial charge on any atom is 0.132 e. The average Bonchev–Trinajstić information content (AvgIpc) is 2.80. The Bertz CT molecular complexity index is 420. The lowest BCUT2D eigenvalue weighted by Crippen LogP contribution is -2.20. The van der Waals surface area contributed by atoms with Crippen molar-refractivity contribution in [2.24, 2.45) is 0 Å². The molecule has 5 nitrogen and oxygen atoms in total. The second-order valence-corrected chi connectivity index (χ2v) is 4.28. The van der Waals surface area contributed by atoms with Crippen molar-refractivity contribution in [2.75, 3.05) is 13.6 Å². The second-order valence-electron chi connectivity index (χ2n) is 4.28. The van der Waals surface area contributed by atoms with Gasteiger partial charge in [0.2, 0.25) is 0 Å². The van der Waals surface area contributed by atoms with Crippen molar-refractivity contribution in [2.45, 2.75) is 39.7 Å². The zero-order valence-electron chi connectivity index (χ0n) is 12.3. The first-order chi connectivity index (χ1) is 9.04. The first-order valence-corrected chi connectivity index (χ1v) is 6.71. The summed E-state index contributed by atoms with van der Waals surface area (Å²) in [7, 11) is 2.19. The monoisotopic (exact) mass is 266 g/mol. The topological polar surface area (TPSA) is 76.1 Å². The van der Waals surface area contributed by atoms with E-state index in [0.717, 1.165) is 12.4 Å². The molecule has 1 fully saturated rings. The molecule has 1 aliphatic rings. The van der Waals surface area contributed by atoms with Crippen molar-refractivity contribution < 1.29 is 5.11 Å². The Morgan fingerprint density at radius 2 is 2.00 bits per heavy atom. The third kappa shape index (κ3) is 6.20. The Balaban J connectivity index is 0.000000316. The van der Waals surface area contributed by atoms with Crippen LogP contribution in [0.15, 0.2) is 18.3 Å². The van der Waals surface area contributed by atoms with E-state index in [2.05, 4.69) is 18.9 Å². The molecule has 0 aromatic carbocycles. The van der Waals surface area contributed by atoms with Crippen molar-refractivity contribution in [3.05, 3.63) is 23.8 Å². The molecule has 0 spiro atoms. The number of aromatic hydroxyl groups is 1. The molecule has 0 bridgehead atoms. The molecule has 2 rings (SSSR count).